The maximum Gasteiger partial charge on any atom is 0.253 e. The van der Waals surface area contributed by atoms with Crippen molar-refractivity contribution in [2.45, 2.75) is 56.3 Å². The van der Waals surface area contributed by atoms with E-state index in [0.29, 0.717) is 59.8 Å². The third kappa shape index (κ3) is 13.2. The Labute approximate surface area is 521 Å². The van der Waals surface area contributed by atoms with E-state index in [1.807, 2.05) is 142 Å². The van der Waals surface area contributed by atoms with Gasteiger partial charge in [-0.25, -0.2) is 32.5 Å². The number of carbonyl (C=O) groups excluding carboxylic acids is 3. The fourth-order valence-corrected chi connectivity index (χ4v) is 13.0. The van der Waals surface area contributed by atoms with E-state index in [9.17, 15) is 31.9 Å². The Morgan fingerprint density at radius 2 is 0.756 bits per heavy atom. The number of aromatic nitrogens is 6. The van der Waals surface area contributed by atoms with E-state index < -0.39 is 11.6 Å². The van der Waals surface area contributed by atoms with Crippen LogP contribution in [-0.2, 0) is 0 Å². The van der Waals surface area contributed by atoms with Gasteiger partial charge in [0.1, 0.15) is 29.1 Å². The van der Waals surface area contributed by atoms with Crippen LogP contribution in [0.3, 0.4) is 0 Å². The number of likely N-dealkylation sites (tertiary alicyclic amines) is 3. The normalized spacial score (nSPS) is 15.0. The number of carbonyl (C=O) groups is 3. The Morgan fingerprint density at radius 1 is 0.367 bits per heavy atom. The molecule has 0 saturated carbocycles. The highest BCUT2D eigenvalue weighted by molar-refractivity contribution is 7.13. The molecule has 3 saturated heterocycles. The summed E-state index contributed by atoms with van der Waals surface area (Å²) in [4.78, 5) is 69.2. The summed E-state index contributed by atoms with van der Waals surface area (Å²) >= 11 is 1.71. The van der Waals surface area contributed by atoms with E-state index in [1.54, 1.807) is 29.5 Å². The number of halogens is 4. The van der Waals surface area contributed by atoms with Crippen molar-refractivity contribution < 1.29 is 31.9 Å². The van der Waals surface area contributed by atoms with Gasteiger partial charge in [0.15, 0.2) is 11.6 Å². The van der Waals surface area contributed by atoms with Gasteiger partial charge in [-0.3, -0.25) is 14.4 Å². The van der Waals surface area contributed by atoms with Crippen molar-refractivity contribution in [2.75, 3.05) is 39.3 Å². The lowest BCUT2D eigenvalue weighted by Gasteiger charge is -2.31. The van der Waals surface area contributed by atoms with E-state index in [-0.39, 0.29) is 41.2 Å². The summed E-state index contributed by atoms with van der Waals surface area (Å²) in [6, 6.07) is 58.5. The average molecular weight is 1220 g/mol. The number of amides is 3. The predicted molar refractivity (Wildman–Crippen MR) is 345 cm³/mol. The second-order valence-corrected chi connectivity index (χ2v) is 24.1. The van der Waals surface area contributed by atoms with Gasteiger partial charge in [-0.15, -0.1) is 11.3 Å². The predicted octanol–water partition coefficient (Wildman–Crippen LogP) is 16.4. The molecular weight excluding hydrogens is 1160 g/mol. The Hall–Kier alpha value is -10.0. The van der Waals surface area contributed by atoms with Crippen LogP contribution >= 0.6 is 11.3 Å². The number of fused-ring (bicyclic) bond motifs is 3. The largest absolute Gasteiger partial charge is 0.342 e. The number of para-hydroxylation sites is 2. The van der Waals surface area contributed by atoms with E-state index >= 15 is 0 Å². The molecule has 12 nitrogen and oxygen atoms in total. The zero-order valence-corrected chi connectivity index (χ0v) is 49.9. The highest BCUT2D eigenvalue weighted by Crippen LogP contribution is 2.34. The van der Waals surface area contributed by atoms with Crippen LogP contribution in [0, 0.1) is 23.3 Å². The van der Waals surface area contributed by atoms with Crippen LogP contribution in [0.15, 0.2) is 200 Å². The number of benzene rings is 8. The molecule has 7 heterocycles. The topological polar surface area (TPSA) is 147 Å². The van der Waals surface area contributed by atoms with Crippen molar-refractivity contribution in [1.29, 1.82) is 0 Å². The van der Waals surface area contributed by atoms with E-state index in [0.717, 1.165) is 131 Å². The third-order valence-corrected chi connectivity index (χ3v) is 18.3. The number of rotatable bonds is 9. The number of hydrogen-bond acceptors (Lipinski definition) is 7. The van der Waals surface area contributed by atoms with Crippen LogP contribution in [0.1, 0.15) is 105 Å². The van der Waals surface area contributed by atoms with Gasteiger partial charge < -0.3 is 29.7 Å². The molecule has 452 valence electrons. The molecule has 15 rings (SSSR count). The first-order valence-corrected chi connectivity index (χ1v) is 31.3. The SMILES string of the molecule is O=C(c1ccc(-c2ccc(F)cc2)cc1)N1CCC(c2nc3ccc(F)cc3[nH]2)CC1.O=C(c1ccc(-c2ccccc2)cc1)N1CCC(c2nc3cc(F)c(F)cc3[nH]2)CC1.O=C(c1ccc(-c2cccs2)cc1)N1CCC(c2nc3ccccc3[nH]2)CC1. The van der Waals surface area contributed by atoms with Gasteiger partial charge >= 0.3 is 0 Å². The highest BCUT2D eigenvalue weighted by Gasteiger charge is 2.30. The zero-order valence-electron chi connectivity index (χ0n) is 49.1. The van der Waals surface area contributed by atoms with Crippen molar-refractivity contribution in [3.05, 3.63) is 257 Å². The molecule has 0 atom stereocenters. The molecule has 12 aromatic rings. The van der Waals surface area contributed by atoms with E-state index in [2.05, 4.69) is 42.4 Å². The van der Waals surface area contributed by atoms with Gasteiger partial charge in [-0.2, -0.15) is 0 Å². The molecule has 3 aliphatic heterocycles. The Bertz CT molecular complexity index is 4380. The lowest BCUT2D eigenvalue weighted by molar-refractivity contribution is 0.0704. The number of aromatic amines is 3. The minimum Gasteiger partial charge on any atom is -0.342 e. The standard InChI is InChI=1S/2C25H21F2N3O.C23H21N3OS/c26-20-7-5-17(6-8-20)16-1-3-19(4-2-16)25(31)30-13-11-18(12-14-30)24-28-22-10-9-21(27)15-23(22)29-24;26-20-14-22-23(15-21(20)27)29-24(28-22)18-10-12-30(13-11-18)25(31)19-8-6-17(7-9-19)16-4-2-1-3-5-16;27-23(18-9-7-16(8-10-18)21-6-3-15-28-21)26-13-11-17(12-14-26)22-24-19-4-1-2-5-20(19)25-22/h1-10,15,18H,11-14H2,(H,28,29);1-9,14-15,18H,10-13H2,(H,28,29);1-10,15,17H,11-14H2,(H,24,25). The van der Waals surface area contributed by atoms with Crippen molar-refractivity contribution in [3.63, 3.8) is 0 Å². The van der Waals surface area contributed by atoms with Crippen LogP contribution in [0.25, 0.3) is 65.8 Å². The summed E-state index contributed by atoms with van der Waals surface area (Å²) in [6.07, 6.45) is 5.00. The van der Waals surface area contributed by atoms with Gasteiger partial charge in [0, 0.05) is 90.7 Å². The molecule has 3 fully saturated rings. The Kier molecular flexibility index (Phi) is 17.3. The first-order chi connectivity index (χ1) is 43.9. The molecule has 3 N–H and O–H groups in total. The fraction of sp³-hybridized carbons (Fsp3) is 0.205. The monoisotopic (exact) mass is 1220 g/mol. The van der Waals surface area contributed by atoms with Crippen molar-refractivity contribution in [3.8, 4) is 32.7 Å². The average Bonchev–Trinajstić information content (AvgIpc) is 2.14. The Balaban J connectivity index is 0.000000124. The molecule has 0 spiro atoms. The van der Waals surface area contributed by atoms with E-state index in [1.165, 1.54) is 29.1 Å². The molecule has 0 unspecified atom stereocenters. The fourth-order valence-electron chi connectivity index (χ4n) is 12.3. The summed E-state index contributed by atoms with van der Waals surface area (Å²) in [5.74, 6) is 1.18. The smallest absolute Gasteiger partial charge is 0.253 e. The number of hydrogen-bond donors (Lipinski definition) is 3. The molecule has 0 radical (unpaired) electrons. The minimum absolute atomic E-state index is 0.00998. The van der Waals surface area contributed by atoms with Crippen LogP contribution in [-0.4, -0.2) is 102 Å². The lowest BCUT2D eigenvalue weighted by atomic mass is 9.95. The minimum atomic E-state index is -0.899. The second-order valence-electron chi connectivity index (χ2n) is 23.1. The summed E-state index contributed by atoms with van der Waals surface area (Å²) in [7, 11) is 0. The van der Waals surface area contributed by atoms with Crippen molar-refractivity contribution >= 4 is 62.2 Å². The lowest BCUT2D eigenvalue weighted by Crippen LogP contribution is -2.38. The van der Waals surface area contributed by atoms with Crippen molar-refractivity contribution in [2.24, 2.45) is 0 Å². The number of piperidine rings is 3. The molecule has 3 amide bonds. The molecule has 3 aliphatic rings. The first kappa shape index (κ1) is 59.0. The number of imidazole rings is 3. The van der Waals surface area contributed by atoms with Gasteiger partial charge in [0.05, 0.1) is 33.1 Å². The summed E-state index contributed by atoms with van der Waals surface area (Å²) in [6.45, 7) is 4.07. The molecule has 90 heavy (non-hydrogen) atoms. The summed E-state index contributed by atoms with van der Waals surface area (Å²) < 4.78 is 53.4. The van der Waals surface area contributed by atoms with Gasteiger partial charge in [0.25, 0.3) is 17.7 Å². The molecule has 0 aliphatic carbocycles. The molecule has 0 bridgehead atoms. The number of nitrogens with one attached hydrogen (secondary N) is 3. The maximum atomic E-state index is 13.5. The molecular formula is C73H63F4N9O3S. The first-order valence-electron chi connectivity index (χ1n) is 30.4. The van der Waals surface area contributed by atoms with Crippen LogP contribution in [0.4, 0.5) is 17.6 Å². The summed E-state index contributed by atoms with van der Waals surface area (Å²) in [5.41, 5.74) is 11.8. The van der Waals surface area contributed by atoms with Gasteiger partial charge in [0.2, 0.25) is 0 Å². The molecule has 8 aromatic carbocycles. The van der Waals surface area contributed by atoms with Crippen LogP contribution in [0.2, 0.25) is 0 Å². The highest BCUT2D eigenvalue weighted by atomic mass is 32.1. The number of thiophene rings is 1. The number of H-pyrrole nitrogens is 3. The quantitative estimate of drug-likeness (QED) is 0.123. The maximum absolute atomic E-state index is 13.5. The van der Waals surface area contributed by atoms with E-state index in [4.69, 9.17) is 4.98 Å². The Morgan fingerprint density at radius 3 is 1.23 bits per heavy atom. The van der Waals surface area contributed by atoms with Gasteiger partial charge in [-0.1, -0.05) is 97.1 Å². The zero-order chi connectivity index (χ0) is 61.7. The number of nitrogens with zero attached hydrogens (tertiary/aromatic N) is 6. The van der Waals surface area contributed by atoms with Crippen LogP contribution < -0.4 is 0 Å². The third-order valence-electron chi connectivity index (χ3n) is 17.4. The summed E-state index contributed by atoms with van der Waals surface area (Å²) in [5, 5.41) is 2.07. The van der Waals surface area contributed by atoms with Crippen molar-refractivity contribution in [1.82, 2.24) is 44.6 Å². The second kappa shape index (κ2) is 26.4. The molecule has 17 heteroatoms. The van der Waals surface area contributed by atoms with Crippen LogP contribution in [0.5, 0.6) is 0 Å². The molecule has 4 aromatic heterocycles. The van der Waals surface area contributed by atoms with Gasteiger partial charge in [-0.05, 0) is 157 Å².